The molecule has 4 heteroatoms. The number of aromatic hydroxyl groups is 1. The van der Waals surface area contributed by atoms with Crippen LogP contribution in [0, 0.1) is 6.92 Å². The minimum absolute atomic E-state index is 0.0100. The highest BCUT2D eigenvalue weighted by molar-refractivity contribution is 5.95. The lowest BCUT2D eigenvalue weighted by Gasteiger charge is -2.11. The second-order valence-electron chi connectivity index (χ2n) is 3.03. The Hall–Kier alpha value is -1.58. The molecule has 4 nitrogen and oxygen atoms in total. The summed E-state index contributed by atoms with van der Waals surface area (Å²) in [7, 11) is 3.32. The molecule has 1 amide bonds. The maximum atomic E-state index is 11.5. The van der Waals surface area contributed by atoms with Crippen molar-refractivity contribution < 1.29 is 9.90 Å². The van der Waals surface area contributed by atoms with Crippen molar-refractivity contribution in [3.05, 3.63) is 23.5 Å². The Bertz CT molecular complexity index is 334. The summed E-state index contributed by atoms with van der Waals surface area (Å²) in [6, 6.07) is 1.42. The van der Waals surface area contributed by atoms with Crippen LogP contribution in [0.4, 0.5) is 0 Å². The Morgan fingerprint density at radius 3 is 2.69 bits per heavy atom. The fraction of sp³-hybridized carbons (Fsp3) is 0.333. The Kier molecular flexibility index (Phi) is 2.51. The molecule has 0 aliphatic heterocycles. The van der Waals surface area contributed by atoms with Crippen molar-refractivity contribution in [3.63, 3.8) is 0 Å². The van der Waals surface area contributed by atoms with Gasteiger partial charge in [-0.3, -0.25) is 9.78 Å². The van der Waals surface area contributed by atoms with Crippen molar-refractivity contribution in [2.45, 2.75) is 6.92 Å². The molecule has 0 radical (unpaired) electrons. The summed E-state index contributed by atoms with van der Waals surface area (Å²) in [5.74, 6) is -0.142. The first kappa shape index (κ1) is 9.51. The number of hydrogen-bond donors (Lipinski definition) is 1. The molecule has 0 saturated heterocycles. The number of hydrogen-bond acceptors (Lipinski definition) is 3. The van der Waals surface area contributed by atoms with Crippen LogP contribution in [-0.4, -0.2) is 35.0 Å². The molecule has 1 aromatic rings. The van der Waals surface area contributed by atoms with Crippen LogP contribution < -0.4 is 0 Å². The van der Waals surface area contributed by atoms with Crippen LogP contribution in [0.1, 0.15) is 16.1 Å². The van der Waals surface area contributed by atoms with Crippen LogP contribution in [0.3, 0.4) is 0 Å². The molecule has 0 atom stereocenters. The number of rotatable bonds is 1. The molecule has 0 aliphatic carbocycles. The van der Waals surface area contributed by atoms with Gasteiger partial charge in [0, 0.05) is 14.1 Å². The van der Waals surface area contributed by atoms with Gasteiger partial charge in [-0.05, 0) is 13.0 Å². The molecule has 0 fully saturated rings. The highest BCUT2D eigenvalue weighted by atomic mass is 16.3. The predicted molar refractivity (Wildman–Crippen MR) is 48.7 cm³/mol. The van der Waals surface area contributed by atoms with Crippen LogP contribution in [0.2, 0.25) is 0 Å². The number of aromatic nitrogens is 1. The molecule has 1 N–H and O–H groups in total. The van der Waals surface area contributed by atoms with Crippen molar-refractivity contribution in [1.82, 2.24) is 9.88 Å². The van der Waals surface area contributed by atoms with Crippen LogP contribution in [-0.2, 0) is 0 Å². The van der Waals surface area contributed by atoms with E-state index in [9.17, 15) is 4.79 Å². The fourth-order valence-corrected chi connectivity index (χ4v) is 0.979. The lowest BCUT2D eigenvalue weighted by molar-refractivity contribution is 0.0826. The smallest absolute Gasteiger partial charge is 0.255 e. The van der Waals surface area contributed by atoms with Gasteiger partial charge in [-0.2, -0.15) is 0 Å². The molecule has 70 valence electrons. The van der Waals surface area contributed by atoms with E-state index in [1.54, 1.807) is 21.0 Å². The first-order chi connectivity index (χ1) is 6.02. The van der Waals surface area contributed by atoms with Crippen LogP contribution >= 0.6 is 0 Å². The van der Waals surface area contributed by atoms with Gasteiger partial charge >= 0.3 is 0 Å². The van der Waals surface area contributed by atoms with Crippen LogP contribution in [0.5, 0.6) is 5.75 Å². The maximum Gasteiger partial charge on any atom is 0.255 e. The average molecular weight is 180 g/mol. The van der Waals surface area contributed by atoms with Crippen molar-refractivity contribution in [2.24, 2.45) is 0 Å². The molecular formula is C9H12N2O2. The zero-order valence-electron chi connectivity index (χ0n) is 7.90. The molecule has 0 aliphatic rings. The second kappa shape index (κ2) is 3.43. The normalized spacial score (nSPS) is 9.77. The number of carbonyl (C=O) groups is 1. The molecule has 0 unspecified atom stereocenters. The minimum Gasteiger partial charge on any atom is -0.506 e. The van der Waals surface area contributed by atoms with E-state index in [2.05, 4.69) is 4.98 Å². The van der Waals surface area contributed by atoms with Gasteiger partial charge in [-0.1, -0.05) is 0 Å². The molecule has 1 heterocycles. The number of amides is 1. The molecule has 0 bridgehead atoms. The van der Waals surface area contributed by atoms with Gasteiger partial charge in [-0.15, -0.1) is 0 Å². The summed E-state index contributed by atoms with van der Waals surface area (Å²) in [6.07, 6.45) is 1.32. The molecule has 1 rings (SSSR count). The topological polar surface area (TPSA) is 53.4 Å². The van der Waals surface area contributed by atoms with Gasteiger partial charge in [0.25, 0.3) is 5.91 Å². The largest absolute Gasteiger partial charge is 0.506 e. The van der Waals surface area contributed by atoms with E-state index in [1.807, 2.05) is 0 Å². The predicted octanol–water partition coefficient (Wildman–Crippen LogP) is 0.797. The van der Waals surface area contributed by atoms with Crippen molar-refractivity contribution in [2.75, 3.05) is 14.1 Å². The molecular weight excluding hydrogens is 168 g/mol. The monoisotopic (exact) mass is 180 g/mol. The summed E-state index contributed by atoms with van der Waals surface area (Å²) >= 11 is 0. The third kappa shape index (κ3) is 1.96. The molecule has 1 aromatic heterocycles. The lowest BCUT2D eigenvalue weighted by atomic mass is 10.2. The van der Waals surface area contributed by atoms with Gasteiger partial charge in [0.2, 0.25) is 0 Å². The van der Waals surface area contributed by atoms with E-state index < -0.39 is 0 Å². The third-order valence-corrected chi connectivity index (χ3v) is 1.71. The SMILES string of the molecule is Cc1ncc(O)cc1C(=O)N(C)C. The van der Waals surface area contributed by atoms with E-state index in [1.165, 1.54) is 17.2 Å². The summed E-state index contributed by atoms with van der Waals surface area (Å²) in [5, 5.41) is 9.13. The summed E-state index contributed by atoms with van der Waals surface area (Å²) in [5.41, 5.74) is 1.06. The summed E-state index contributed by atoms with van der Waals surface area (Å²) < 4.78 is 0. The van der Waals surface area contributed by atoms with E-state index in [-0.39, 0.29) is 11.7 Å². The number of pyridine rings is 1. The average Bonchev–Trinajstić information content (AvgIpc) is 2.08. The Morgan fingerprint density at radius 2 is 2.15 bits per heavy atom. The van der Waals surface area contributed by atoms with E-state index in [0.29, 0.717) is 11.3 Å². The fourth-order valence-electron chi connectivity index (χ4n) is 0.979. The Balaban J connectivity index is 3.13. The Labute approximate surface area is 76.8 Å². The van der Waals surface area contributed by atoms with Crippen molar-refractivity contribution >= 4 is 5.91 Å². The first-order valence-corrected chi connectivity index (χ1v) is 3.89. The van der Waals surface area contributed by atoms with Crippen LogP contribution in [0.25, 0.3) is 0 Å². The highest BCUT2D eigenvalue weighted by Crippen LogP contribution is 2.13. The zero-order chi connectivity index (χ0) is 10.0. The van der Waals surface area contributed by atoms with Crippen LogP contribution in [0.15, 0.2) is 12.3 Å². The van der Waals surface area contributed by atoms with Crippen molar-refractivity contribution in [3.8, 4) is 5.75 Å². The van der Waals surface area contributed by atoms with Gasteiger partial charge in [0.05, 0.1) is 17.5 Å². The van der Waals surface area contributed by atoms with E-state index in [4.69, 9.17) is 5.11 Å². The van der Waals surface area contributed by atoms with Gasteiger partial charge in [0.15, 0.2) is 0 Å². The third-order valence-electron chi connectivity index (χ3n) is 1.71. The zero-order valence-corrected chi connectivity index (χ0v) is 7.90. The highest BCUT2D eigenvalue weighted by Gasteiger charge is 2.12. The number of carbonyl (C=O) groups excluding carboxylic acids is 1. The molecule has 0 spiro atoms. The van der Waals surface area contributed by atoms with Gasteiger partial charge < -0.3 is 10.0 Å². The first-order valence-electron chi connectivity index (χ1n) is 3.89. The Morgan fingerprint density at radius 1 is 1.54 bits per heavy atom. The summed E-state index contributed by atoms with van der Waals surface area (Å²) in [4.78, 5) is 16.8. The van der Waals surface area contributed by atoms with Crippen molar-refractivity contribution in [1.29, 1.82) is 0 Å². The molecule has 0 aromatic carbocycles. The summed E-state index contributed by atoms with van der Waals surface area (Å²) in [6.45, 7) is 1.73. The maximum absolute atomic E-state index is 11.5. The quantitative estimate of drug-likeness (QED) is 0.695. The van der Waals surface area contributed by atoms with Gasteiger partial charge in [-0.25, -0.2) is 0 Å². The lowest BCUT2D eigenvalue weighted by Crippen LogP contribution is -2.22. The van der Waals surface area contributed by atoms with Gasteiger partial charge in [0.1, 0.15) is 5.75 Å². The van der Waals surface area contributed by atoms with E-state index >= 15 is 0 Å². The number of nitrogens with zero attached hydrogens (tertiary/aromatic N) is 2. The molecule has 13 heavy (non-hydrogen) atoms. The molecule has 0 saturated carbocycles. The van der Waals surface area contributed by atoms with E-state index in [0.717, 1.165) is 0 Å². The standard InChI is InChI=1S/C9H12N2O2/c1-6-8(9(13)11(2)3)4-7(12)5-10-6/h4-5,12H,1-3H3. The second-order valence-corrected chi connectivity index (χ2v) is 3.03. The minimum atomic E-state index is -0.152. The number of aryl methyl sites for hydroxylation is 1.